The first kappa shape index (κ1) is 14.5. The van der Waals surface area contributed by atoms with Crippen molar-refractivity contribution in [2.24, 2.45) is 0 Å². The average molecular weight is 285 g/mol. The van der Waals surface area contributed by atoms with Gasteiger partial charge in [-0.25, -0.2) is 9.78 Å². The zero-order valence-electron chi connectivity index (χ0n) is 11.7. The van der Waals surface area contributed by atoms with E-state index in [1.165, 1.54) is 13.8 Å². The third kappa shape index (κ3) is 3.36. The van der Waals surface area contributed by atoms with Gasteiger partial charge in [0.15, 0.2) is 0 Å². The van der Waals surface area contributed by atoms with Gasteiger partial charge in [-0.3, -0.25) is 4.79 Å². The Morgan fingerprint density at radius 3 is 2.33 bits per heavy atom. The molecule has 0 unspecified atom stereocenters. The first-order chi connectivity index (χ1) is 9.99. The van der Waals surface area contributed by atoms with Crippen LogP contribution in [0.2, 0.25) is 0 Å². The molecule has 0 fully saturated rings. The normalized spacial score (nSPS) is 11.7. The second-order valence-electron chi connectivity index (χ2n) is 4.55. The van der Waals surface area contributed by atoms with Crippen LogP contribution in [0.5, 0.6) is 0 Å². The van der Waals surface area contributed by atoms with Crippen LogP contribution in [-0.2, 0) is 9.59 Å². The summed E-state index contributed by atoms with van der Waals surface area (Å²) in [5.74, 6) is -1.53. The first-order valence-electron chi connectivity index (χ1n) is 6.30. The Kier molecular flexibility index (Phi) is 4.18. The predicted octanol–water partition coefficient (Wildman–Crippen LogP) is 2.44. The van der Waals surface area contributed by atoms with Crippen LogP contribution in [-0.4, -0.2) is 27.0 Å². The smallest absolute Gasteiger partial charge is 0.331 e. The lowest BCUT2D eigenvalue weighted by Crippen LogP contribution is -2.16. The molecule has 6 nitrogen and oxygen atoms in total. The highest BCUT2D eigenvalue weighted by Crippen LogP contribution is 2.19. The van der Waals surface area contributed by atoms with Crippen LogP contribution in [0, 0.1) is 0 Å². The lowest BCUT2D eigenvalue weighted by Gasteiger charge is -2.07. The van der Waals surface area contributed by atoms with E-state index in [1.807, 2.05) is 12.1 Å². The van der Waals surface area contributed by atoms with Crippen molar-refractivity contribution in [2.45, 2.75) is 13.8 Å². The number of carbonyl (C=O) groups is 2. The SMILES string of the molecule is CC(C(=O)O)=C(C)C(=O)Nc1ccc(-c2cnc[nH]2)cc1. The zero-order chi connectivity index (χ0) is 15.4. The zero-order valence-corrected chi connectivity index (χ0v) is 11.7. The third-order valence-electron chi connectivity index (χ3n) is 3.18. The molecule has 1 aromatic heterocycles. The van der Waals surface area contributed by atoms with Crippen LogP contribution in [0.1, 0.15) is 13.8 Å². The van der Waals surface area contributed by atoms with Crippen LogP contribution < -0.4 is 5.32 Å². The van der Waals surface area contributed by atoms with Gasteiger partial charge in [0.25, 0.3) is 5.91 Å². The molecular formula is C15H15N3O3. The second-order valence-corrected chi connectivity index (χ2v) is 4.55. The highest BCUT2D eigenvalue weighted by atomic mass is 16.4. The van der Waals surface area contributed by atoms with Crippen molar-refractivity contribution >= 4 is 17.6 Å². The monoisotopic (exact) mass is 285 g/mol. The molecule has 1 amide bonds. The summed E-state index contributed by atoms with van der Waals surface area (Å²) in [5.41, 5.74) is 2.63. The predicted molar refractivity (Wildman–Crippen MR) is 78.7 cm³/mol. The molecule has 0 bridgehead atoms. The first-order valence-corrected chi connectivity index (χ1v) is 6.30. The number of nitrogens with one attached hydrogen (secondary N) is 2. The van der Waals surface area contributed by atoms with E-state index >= 15 is 0 Å². The molecule has 2 rings (SSSR count). The van der Waals surface area contributed by atoms with E-state index in [9.17, 15) is 9.59 Å². The number of carbonyl (C=O) groups excluding carboxylic acids is 1. The van der Waals surface area contributed by atoms with E-state index < -0.39 is 11.9 Å². The molecule has 0 radical (unpaired) electrons. The lowest BCUT2D eigenvalue weighted by molar-refractivity contribution is -0.133. The second kappa shape index (κ2) is 6.04. The van der Waals surface area contributed by atoms with Gasteiger partial charge < -0.3 is 15.4 Å². The summed E-state index contributed by atoms with van der Waals surface area (Å²) in [6, 6.07) is 7.17. The Labute approximate surface area is 121 Å². The van der Waals surface area contributed by atoms with Crippen LogP contribution in [0.15, 0.2) is 47.9 Å². The molecule has 1 aromatic carbocycles. The molecular weight excluding hydrogens is 270 g/mol. The van der Waals surface area contributed by atoms with Crippen molar-refractivity contribution < 1.29 is 14.7 Å². The number of aliphatic carboxylic acids is 1. The van der Waals surface area contributed by atoms with E-state index in [2.05, 4.69) is 15.3 Å². The Morgan fingerprint density at radius 2 is 1.81 bits per heavy atom. The van der Waals surface area contributed by atoms with Crippen LogP contribution in [0.4, 0.5) is 5.69 Å². The highest BCUT2D eigenvalue weighted by Gasteiger charge is 2.12. The number of imidazole rings is 1. The molecule has 0 aliphatic carbocycles. The molecule has 0 spiro atoms. The van der Waals surface area contributed by atoms with E-state index in [-0.39, 0.29) is 11.1 Å². The van der Waals surface area contributed by atoms with Gasteiger partial charge in [-0.05, 0) is 31.5 Å². The number of hydrogen-bond donors (Lipinski definition) is 3. The number of nitrogens with zero attached hydrogens (tertiary/aromatic N) is 1. The number of rotatable bonds is 4. The maximum Gasteiger partial charge on any atom is 0.331 e. The van der Waals surface area contributed by atoms with Gasteiger partial charge >= 0.3 is 5.97 Å². The van der Waals surface area contributed by atoms with Crippen LogP contribution >= 0.6 is 0 Å². The molecule has 2 aromatic rings. The molecule has 6 heteroatoms. The van der Waals surface area contributed by atoms with Gasteiger partial charge in [-0.15, -0.1) is 0 Å². The fourth-order valence-electron chi connectivity index (χ4n) is 1.70. The highest BCUT2D eigenvalue weighted by molar-refractivity contribution is 6.08. The number of benzene rings is 1. The summed E-state index contributed by atoms with van der Waals surface area (Å²) in [7, 11) is 0. The summed E-state index contributed by atoms with van der Waals surface area (Å²) in [5, 5.41) is 11.5. The summed E-state index contributed by atoms with van der Waals surface area (Å²) >= 11 is 0. The molecule has 0 aliphatic rings. The van der Waals surface area contributed by atoms with Crippen molar-refractivity contribution in [3.8, 4) is 11.3 Å². The number of H-pyrrole nitrogens is 1. The Morgan fingerprint density at radius 1 is 1.14 bits per heavy atom. The number of anilines is 1. The number of aromatic amines is 1. The molecule has 108 valence electrons. The van der Waals surface area contributed by atoms with Gasteiger partial charge in [-0.1, -0.05) is 12.1 Å². The van der Waals surface area contributed by atoms with E-state index in [0.29, 0.717) is 5.69 Å². The summed E-state index contributed by atoms with van der Waals surface area (Å²) in [4.78, 5) is 29.7. The molecule has 0 atom stereocenters. The summed E-state index contributed by atoms with van der Waals surface area (Å²) < 4.78 is 0. The van der Waals surface area contributed by atoms with Crippen molar-refractivity contribution in [3.05, 3.63) is 47.9 Å². The van der Waals surface area contributed by atoms with Gasteiger partial charge in [-0.2, -0.15) is 0 Å². The van der Waals surface area contributed by atoms with Gasteiger partial charge in [0.05, 0.1) is 18.2 Å². The van der Waals surface area contributed by atoms with Gasteiger partial charge in [0.1, 0.15) is 0 Å². The third-order valence-corrected chi connectivity index (χ3v) is 3.18. The van der Waals surface area contributed by atoms with Crippen molar-refractivity contribution in [2.75, 3.05) is 5.32 Å². The fraction of sp³-hybridized carbons (Fsp3) is 0.133. The number of aromatic nitrogens is 2. The minimum atomic E-state index is -1.10. The number of hydrogen-bond acceptors (Lipinski definition) is 3. The molecule has 0 aliphatic heterocycles. The van der Waals surface area contributed by atoms with E-state index in [0.717, 1.165) is 11.3 Å². The quantitative estimate of drug-likeness (QED) is 0.752. The van der Waals surface area contributed by atoms with E-state index in [1.54, 1.807) is 24.7 Å². The Balaban J connectivity index is 2.12. The van der Waals surface area contributed by atoms with Crippen LogP contribution in [0.3, 0.4) is 0 Å². The number of amides is 1. The Bertz CT molecular complexity index is 685. The number of carboxylic acids is 1. The van der Waals surface area contributed by atoms with Gasteiger partial charge in [0.2, 0.25) is 0 Å². The Hall–Kier alpha value is -2.89. The summed E-state index contributed by atoms with van der Waals surface area (Å²) in [6.07, 6.45) is 3.30. The molecule has 0 saturated heterocycles. The van der Waals surface area contributed by atoms with Gasteiger partial charge in [0, 0.05) is 16.8 Å². The number of carboxylic acid groups (broad SMARTS) is 1. The van der Waals surface area contributed by atoms with E-state index in [4.69, 9.17) is 5.11 Å². The maximum atomic E-state index is 11.9. The molecule has 0 saturated carbocycles. The molecule has 21 heavy (non-hydrogen) atoms. The van der Waals surface area contributed by atoms with Crippen LogP contribution in [0.25, 0.3) is 11.3 Å². The topological polar surface area (TPSA) is 95.1 Å². The van der Waals surface area contributed by atoms with Crippen molar-refractivity contribution in [3.63, 3.8) is 0 Å². The minimum absolute atomic E-state index is 0.0292. The fourth-order valence-corrected chi connectivity index (χ4v) is 1.70. The van der Waals surface area contributed by atoms with Crippen molar-refractivity contribution in [1.29, 1.82) is 0 Å². The molecule has 3 N–H and O–H groups in total. The molecule has 1 heterocycles. The largest absolute Gasteiger partial charge is 0.478 e. The minimum Gasteiger partial charge on any atom is -0.478 e. The lowest BCUT2D eigenvalue weighted by atomic mass is 10.1. The average Bonchev–Trinajstić information content (AvgIpc) is 3.00. The van der Waals surface area contributed by atoms with Crippen molar-refractivity contribution in [1.82, 2.24) is 9.97 Å². The summed E-state index contributed by atoms with van der Waals surface area (Å²) in [6.45, 7) is 2.89. The standard InChI is InChI=1S/C15H15N3O3/c1-9(10(2)15(20)21)14(19)18-12-5-3-11(4-6-12)13-7-16-8-17-13/h3-8H,1-2H3,(H,16,17)(H,18,19)(H,20,21). The maximum absolute atomic E-state index is 11.9.